The maximum absolute atomic E-state index is 12.6. The van der Waals surface area contributed by atoms with E-state index in [0.29, 0.717) is 0 Å². The number of rotatable bonds is 1. The summed E-state index contributed by atoms with van der Waals surface area (Å²) in [5, 5.41) is 0. The Morgan fingerprint density at radius 3 is 2.42 bits per heavy atom. The van der Waals surface area contributed by atoms with E-state index in [1.54, 1.807) is 0 Å². The molecule has 2 nitrogen and oxygen atoms in total. The van der Waals surface area contributed by atoms with Crippen molar-refractivity contribution in [3.63, 3.8) is 0 Å². The molecule has 0 saturated heterocycles. The fraction of sp³-hybridized carbons (Fsp3) is 0.167. The molecule has 0 aromatic carbocycles. The molecule has 0 unspecified atom stereocenters. The van der Waals surface area contributed by atoms with Gasteiger partial charge in [0.05, 0.1) is 0 Å². The standard InChI is InChI=1S/C6H4BF2N2S/c1-2-3(8)5(9)11-6(10-2)4(7)12/h12H,1H3. The molecule has 12 heavy (non-hydrogen) atoms. The number of hydrogen-bond acceptors (Lipinski definition) is 3. The summed E-state index contributed by atoms with van der Waals surface area (Å²) < 4.78 is 25.2. The summed E-state index contributed by atoms with van der Waals surface area (Å²) >= 11 is 3.70. The second-order valence-electron chi connectivity index (χ2n) is 2.12. The molecule has 1 aromatic rings. The molecule has 0 fully saturated rings. The van der Waals surface area contributed by atoms with Gasteiger partial charge < -0.3 is 0 Å². The fourth-order valence-electron chi connectivity index (χ4n) is 0.639. The Hall–Kier alpha value is -0.775. The van der Waals surface area contributed by atoms with E-state index >= 15 is 0 Å². The molecule has 1 rings (SSSR count). The summed E-state index contributed by atoms with van der Waals surface area (Å²) in [4.78, 5) is 6.67. The van der Waals surface area contributed by atoms with Crippen molar-refractivity contribution in [2.24, 2.45) is 0 Å². The normalized spacial score (nSPS) is 9.92. The van der Waals surface area contributed by atoms with Gasteiger partial charge in [-0.2, -0.15) is 0 Å². The first-order chi connectivity index (χ1) is 5.52. The molecule has 0 N–H and O–H groups in total. The molecule has 0 saturated carbocycles. The van der Waals surface area contributed by atoms with Gasteiger partial charge in [0.2, 0.25) is 0 Å². The van der Waals surface area contributed by atoms with Crippen LogP contribution in [-0.4, -0.2) is 22.3 Å². The van der Waals surface area contributed by atoms with Gasteiger partial charge >= 0.3 is 73.9 Å². The van der Waals surface area contributed by atoms with Crippen molar-refractivity contribution in [2.45, 2.75) is 6.92 Å². The molecule has 0 aliphatic rings. The van der Waals surface area contributed by atoms with Gasteiger partial charge in [0.1, 0.15) is 0 Å². The van der Waals surface area contributed by atoms with Crippen LogP contribution in [0.4, 0.5) is 8.78 Å². The van der Waals surface area contributed by atoms with Crippen LogP contribution in [0.2, 0.25) is 0 Å². The third-order valence-corrected chi connectivity index (χ3v) is 1.41. The number of thiol groups is 1. The molecular weight excluding hydrogens is 181 g/mol. The first kappa shape index (κ1) is 9.31. The van der Waals surface area contributed by atoms with Crippen molar-refractivity contribution in [3.8, 4) is 0 Å². The van der Waals surface area contributed by atoms with Crippen LogP contribution in [0.3, 0.4) is 0 Å². The van der Waals surface area contributed by atoms with Crippen LogP contribution in [0.25, 0.3) is 0 Å². The van der Waals surface area contributed by atoms with Gasteiger partial charge in [0.15, 0.2) is 0 Å². The summed E-state index contributed by atoms with van der Waals surface area (Å²) in [5.41, 5.74) is -0.0884. The van der Waals surface area contributed by atoms with Crippen molar-refractivity contribution in [1.29, 1.82) is 0 Å². The zero-order chi connectivity index (χ0) is 9.30. The van der Waals surface area contributed by atoms with Crippen molar-refractivity contribution >= 4 is 24.9 Å². The van der Waals surface area contributed by atoms with Crippen molar-refractivity contribution in [2.75, 3.05) is 0 Å². The van der Waals surface area contributed by atoms with E-state index in [1.807, 2.05) is 0 Å². The van der Waals surface area contributed by atoms with E-state index < -0.39 is 11.8 Å². The molecular formula is C6H4BF2N2S. The zero-order valence-electron chi connectivity index (χ0n) is 6.17. The van der Waals surface area contributed by atoms with Crippen LogP contribution in [0, 0.1) is 18.7 Å². The quantitative estimate of drug-likeness (QED) is 0.394. The monoisotopic (exact) mass is 185 g/mol. The van der Waals surface area contributed by atoms with Gasteiger partial charge in [-0.15, -0.1) is 0 Å². The SMILES string of the molecule is [B]=C(S)c1nc(C)c(F)c(F)n1. The van der Waals surface area contributed by atoms with Crippen molar-refractivity contribution in [1.82, 2.24) is 9.97 Å². The molecule has 1 heterocycles. The Balaban J connectivity index is 3.31. The second-order valence-corrected chi connectivity index (χ2v) is 2.60. The Labute approximate surface area is 74.5 Å². The average Bonchev–Trinajstić information content (AvgIpc) is 1.99. The van der Waals surface area contributed by atoms with Crippen LogP contribution < -0.4 is 0 Å². The Morgan fingerprint density at radius 1 is 1.42 bits per heavy atom. The first-order valence-electron chi connectivity index (χ1n) is 3.03. The summed E-state index contributed by atoms with van der Waals surface area (Å²) in [6.45, 7) is 1.32. The van der Waals surface area contributed by atoms with Gasteiger partial charge in [-0.3, -0.25) is 0 Å². The number of halogens is 2. The van der Waals surface area contributed by atoms with Crippen LogP contribution in [0.5, 0.6) is 0 Å². The van der Waals surface area contributed by atoms with Gasteiger partial charge in [0.25, 0.3) is 0 Å². The minimum atomic E-state index is -1.21. The molecule has 1 radical (unpaired) electrons. The number of hydrogen-bond donors (Lipinski definition) is 1. The van der Waals surface area contributed by atoms with E-state index in [4.69, 9.17) is 7.49 Å². The Morgan fingerprint density at radius 2 is 2.00 bits per heavy atom. The minimum absolute atomic E-state index is 0.0444. The summed E-state index contributed by atoms with van der Waals surface area (Å²) in [6, 6.07) is 0. The summed E-state index contributed by atoms with van der Waals surface area (Å²) in [7, 11) is 5.17. The fourth-order valence-corrected chi connectivity index (χ4v) is 0.739. The zero-order valence-corrected chi connectivity index (χ0v) is 7.07. The molecule has 6 heteroatoms. The first-order valence-corrected chi connectivity index (χ1v) is 3.48. The molecule has 0 atom stereocenters. The third-order valence-electron chi connectivity index (χ3n) is 1.21. The van der Waals surface area contributed by atoms with Crippen LogP contribution in [0.15, 0.2) is 0 Å². The molecule has 0 aliphatic carbocycles. The Bertz CT molecular complexity index is 319. The van der Waals surface area contributed by atoms with E-state index in [0.717, 1.165) is 0 Å². The topological polar surface area (TPSA) is 25.8 Å². The summed E-state index contributed by atoms with van der Waals surface area (Å²) in [6.07, 6.45) is 0. The third kappa shape index (κ3) is 1.69. The number of aromatic nitrogens is 2. The molecule has 0 amide bonds. The molecule has 61 valence electrons. The van der Waals surface area contributed by atoms with E-state index in [1.165, 1.54) is 6.92 Å². The van der Waals surface area contributed by atoms with Gasteiger partial charge in [-0.25, -0.2) is 0 Å². The van der Waals surface area contributed by atoms with Crippen molar-refractivity contribution in [3.05, 3.63) is 23.3 Å². The maximum atomic E-state index is 12.6. The molecule has 0 spiro atoms. The van der Waals surface area contributed by atoms with E-state index in [-0.39, 0.29) is 16.3 Å². The van der Waals surface area contributed by atoms with Gasteiger partial charge in [0, 0.05) is 0 Å². The van der Waals surface area contributed by atoms with Crippen molar-refractivity contribution < 1.29 is 8.78 Å². The van der Waals surface area contributed by atoms with E-state index in [9.17, 15) is 8.78 Å². The number of aryl methyl sites for hydroxylation is 1. The second kappa shape index (κ2) is 3.31. The van der Waals surface area contributed by atoms with Gasteiger partial charge in [-0.05, 0) is 0 Å². The summed E-state index contributed by atoms with van der Waals surface area (Å²) in [5.74, 6) is -2.38. The average molecular weight is 185 g/mol. The Kier molecular flexibility index (Phi) is 2.57. The molecule has 1 aromatic heterocycles. The van der Waals surface area contributed by atoms with Crippen LogP contribution in [0.1, 0.15) is 11.5 Å². The van der Waals surface area contributed by atoms with Crippen LogP contribution >= 0.6 is 12.6 Å². The van der Waals surface area contributed by atoms with E-state index in [2.05, 4.69) is 22.6 Å². The predicted octanol–water partition coefficient (Wildman–Crippen LogP) is 0.640. The van der Waals surface area contributed by atoms with Crippen LogP contribution in [-0.2, 0) is 0 Å². The predicted molar refractivity (Wildman–Crippen MR) is 45.5 cm³/mol. The van der Waals surface area contributed by atoms with Gasteiger partial charge in [-0.1, -0.05) is 0 Å². The number of nitrogens with zero attached hydrogens (tertiary/aromatic N) is 2. The molecule has 0 aliphatic heterocycles. The molecule has 0 bridgehead atoms.